The van der Waals surface area contributed by atoms with Gasteiger partial charge in [-0.15, -0.1) is 0 Å². The van der Waals surface area contributed by atoms with E-state index in [-0.39, 0.29) is 29.3 Å². The minimum Gasteiger partial charge on any atom is -0.393 e. The van der Waals surface area contributed by atoms with Gasteiger partial charge < -0.3 is 5.73 Å². The first kappa shape index (κ1) is 17.8. The number of nitrogens with two attached hydrogens (primary N) is 1. The van der Waals surface area contributed by atoms with Crippen molar-refractivity contribution < 1.29 is 8.42 Å². The topological polar surface area (TPSA) is 87.1 Å². The number of nitrogen functional groups attached to an aromatic ring is 1. The fourth-order valence-electron chi connectivity index (χ4n) is 2.32. The van der Waals surface area contributed by atoms with Crippen molar-refractivity contribution in [3.63, 3.8) is 0 Å². The molecule has 0 aromatic carbocycles. The van der Waals surface area contributed by atoms with E-state index in [2.05, 4.69) is 13.8 Å². The van der Waals surface area contributed by atoms with E-state index in [1.807, 2.05) is 11.6 Å². The minimum atomic E-state index is -3.11. The van der Waals surface area contributed by atoms with E-state index in [0.29, 0.717) is 18.9 Å². The van der Waals surface area contributed by atoms with Crippen molar-refractivity contribution in [2.75, 3.05) is 17.2 Å². The summed E-state index contributed by atoms with van der Waals surface area (Å²) in [5, 5.41) is 0. The maximum atomic E-state index is 12.3. The first-order valence-corrected chi connectivity index (χ1v) is 9.34. The molecule has 1 heterocycles. The lowest BCUT2D eigenvalue weighted by molar-refractivity contribution is 0.430. The third kappa shape index (κ3) is 4.36. The lowest BCUT2D eigenvalue weighted by Gasteiger charge is -2.15. The van der Waals surface area contributed by atoms with Crippen molar-refractivity contribution in [2.45, 2.75) is 53.6 Å². The second-order valence-corrected chi connectivity index (χ2v) is 8.22. The van der Waals surface area contributed by atoms with Gasteiger partial charge in [0.05, 0.1) is 18.0 Å². The van der Waals surface area contributed by atoms with Crippen molar-refractivity contribution in [3.05, 3.63) is 16.0 Å². The van der Waals surface area contributed by atoms with E-state index in [4.69, 9.17) is 5.73 Å². The first-order valence-electron chi connectivity index (χ1n) is 7.51. The Balaban J connectivity index is 3.21. The zero-order valence-corrected chi connectivity index (χ0v) is 14.2. The molecule has 0 spiro atoms. The molecule has 122 valence electrons. The van der Waals surface area contributed by atoms with Crippen LogP contribution in [0.2, 0.25) is 0 Å². The Kier molecular flexibility index (Phi) is 6.07. The van der Waals surface area contributed by atoms with Crippen molar-refractivity contribution in [1.29, 1.82) is 0 Å². The van der Waals surface area contributed by atoms with Crippen LogP contribution < -0.4 is 11.3 Å². The molecule has 0 bridgehead atoms. The third-order valence-corrected chi connectivity index (χ3v) is 5.15. The number of nitrogens with zero attached hydrogens (tertiary/aromatic N) is 2. The lowest BCUT2D eigenvalue weighted by atomic mass is 10.1. The fourth-order valence-corrected chi connectivity index (χ4v) is 3.06. The van der Waals surface area contributed by atoms with Crippen LogP contribution >= 0.6 is 0 Å². The van der Waals surface area contributed by atoms with Crippen molar-refractivity contribution in [1.82, 2.24) is 9.36 Å². The van der Waals surface area contributed by atoms with E-state index in [1.165, 1.54) is 4.68 Å². The van der Waals surface area contributed by atoms with E-state index < -0.39 is 9.84 Å². The Morgan fingerprint density at radius 3 is 2.24 bits per heavy atom. The van der Waals surface area contributed by atoms with Crippen LogP contribution in [0.1, 0.15) is 39.8 Å². The highest BCUT2D eigenvalue weighted by atomic mass is 32.2. The van der Waals surface area contributed by atoms with Crippen LogP contribution in [0.4, 0.5) is 5.69 Å². The number of anilines is 1. The summed E-state index contributed by atoms with van der Waals surface area (Å²) in [6, 6.07) is 0. The molecule has 0 amide bonds. The number of sulfone groups is 1. The smallest absolute Gasteiger partial charge is 0.290 e. The molecule has 7 heteroatoms. The molecule has 0 aliphatic heterocycles. The molecular weight excluding hydrogens is 290 g/mol. The average Bonchev–Trinajstić information content (AvgIpc) is 2.62. The van der Waals surface area contributed by atoms with Crippen LogP contribution in [0, 0.1) is 5.92 Å². The minimum absolute atomic E-state index is 0.0301. The molecule has 0 atom stereocenters. The molecule has 6 nitrogen and oxygen atoms in total. The van der Waals surface area contributed by atoms with Gasteiger partial charge in [-0.1, -0.05) is 27.7 Å². The van der Waals surface area contributed by atoms with Crippen molar-refractivity contribution in [3.8, 4) is 0 Å². The molecule has 0 fully saturated rings. The van der Waals surface area contributed by atoms with Gasteiger partial charge in [0.2, 0.25) is 0 Å². The third-order valence-electron chi connectivity index (χ3n) is 3.47. The van der Waals surface area contributed by atoms with E-state index >= 15 is 0 Å². The molecule has 1 aromatic rings. The summed E-state index contributed by atoms with van der Waals surface area (Å²) in [4.78, 5) is 12.3. The summed E-state index contributed by atoms with van der Waals surface area (Å²) < 4.78 is 26.7. The van der Waals surface area contributed by atoms with Gasteiger partial charge in [-0.25, -0.2) is 13.1 Å². The molecule has 0 saturated carbocycles. The van der Waals surface area contributed by atoms with Gasteiger partial charge in [0.1, 0.15) is 5.69 Å². The molecule has 0 unspecified atom stereocenters. The van der Waals surface area contributed by atoms with Gasteiger partial charge >= 0.3 is 0 Å². The predicted octanol–water partition coefficient (Wildman–Crippen LogP) is 1.28. The molecule has 0 radical (unpaired) electrons. The maximum Gasteiger partial charge on any atom is 0.290 e. The number of rotatable bonds is 8. The van der Waals surface area contributed by atoms with E-state index in [1.54, 1.807) is 6.92 Å². The highest BCUT2D eigenvalue weighted by Crippen LogP contribution is 2.15. The molecule has 0 saturated heterocycles. The van der Waals surface area contributed by atoms with Crippen LogP contribution in [0.5, 0.6) is 0 Å². The molecule has 21 heavy (non-hydrogen) atoms. The molecule has 0 aliphatic rings. The maximum absolute atomic E-state index is 12.3. The van der Waals surface area contributed by atoms with Gasteiger partial charge in [-0.05, 0) is 18.8 Å². The van der Waals surface area contributed by atoms with Crippen LogP contribution in [0.15, 0.2) is 4.79 Å². The monoisotopic (exact) mass is 317 g/mol. The van der Waals surface area contributed by atoms with E-state index in [9.17, 15) is 13.2 Å². The molecule has 1 aromatic heterocycles. The van der Waals surface area contributed by atoms with Crippen LogP contribution in [-0.2, 0) is 29.3 Å². The fraction of sp³-hybridized carbons (Fsp3) is 0.786. The summed E-state index contributed by atoms with van der Waals surface area (Å²) in [5.41, 5.74) is 6.76. The normalized spacial score (nSPS) is 12.2. The Morgan fingerprint density at radius 1 is 1.14 bits per heavy atom. The van der Waals surface area contributed by atoms with Gasteiger partial charge in [0.25, 0.3) is 5.56 Å². The summed E-state index contributed by atoms with van der Waals surface area (Å²) in [6.45, 7) is 8.60. The van der Waals surface area contributed by atoms with Crippen molar-refractivity contribution >= 4 is 15.5 Å². The average molecular weight is 317 g/mol. The predicted molar refractivity (Wildman–Crippen MR) is 86.3 cm³/mol. The Labute approximate surface area is 126 Å². The standard InChI is InChI=1S/C14H27N3O3S/c1-5-7-16-12(10-11(3)4)13(15)14(18)17(16)8-9-21(19,20)6-2/h11H,5-10,15H2,1-4H3. The molecule has 0 aliphatic carbocycles. The Hall–Kier alpha value is -1.24. The molecular formula is C14H27N3O3S. The second kappa shape index (κ2) is 7.15. The molecule has 1 rings (SSSR count). The number of hydrogen-bond donors (Lipinski definition) is 1. The summed E-state index contributed by atoms with van der Waals surface area (Å²) in [6.07, 6.45) is 1.58. The lowest BCUT2D eigenvalue weighted by Crippen LogP contribution is -2.28. The van der Waals surface area contributed by atoms with Gasteiger partial charge in [0, 0.05) is 12.3 Å². The summed E-state index contributed by atoms with van der Waals surface area (Å²) >= 11 is 0. The second-order valence-electron chi connectivity index (χ2n) is 5.75. The number of hydrogen-bond acceptors (Lipinski definition) is 4. The summed E-state index contributed by atoms with van der Waals surface area (Å²) in [5.74, 6) is 0.437. The zero-order chi connectivity index (χ0) is 16.2. The van der Waals surface area contributed by atoms with E-state index in [0.717, 1.165) is 12.1 Å². The highest BCUT2D eigenvalue weighted by molar-refractivity contribution is 7.91. The van der Waals surface area contributed by atoms with Crippen molar-refractivity contribution in [2.24, 2.45) is 5.92 Å². The SMILES string of the molecule is CCCn1c(CC(C)C)c(N)c(=O)n1CCS(=O)(=O)CC. The van der Waals surface area contributed by atoms with Crippen LogP contribution in [0.3, 0.4) is 0 Å². The van der Waals surface area contributed by atoms with Gasteiger partial charge in [-0.2, -0.15) is 0 Å². The van der Waals surface area contributed by atoms with Gasteiger partial charge in [-0.3, -0.25) is 9.48 Å². The van der Waals surface area contributed by atoms with Crippen LogP contribution in [0.25, 0.3) is 0 Å². The quantitative estimate of drug-likeness (QED) is 0.782. The molecule has 2 N–H and O–H groups in total. The summed E-state index contributed by atoms with van der Waals surface area (Å²) in [7, 11) is -3.11. The zero-order valence-electron chi connectivity index (χ0n) is 13.4. The highest BCUT2D eigenvalue weighted by Gasteiger charge is 2.19. The van der Waals surface area contributed by atoms with Crippen LogP contribution in [-0.4, -0.2) is 29.3 Å². The largest absolute Gasteiger partial charge is 0.393 e. The Bertz CT molecular complexity index is 627. The Morgan fingerprint density at radius 2 is 1.76 bits per heavy atom. The number of aromatic nitrogens is 2. The first-order chi connectivity index (χ1) is 9.73. The van der Waals surface area contributed by atoms with Gasteiger partial charge in [0.15, 0.2) is 9.84 Å².